The second kappa shape index (κ2) is 6.08. The van der Waals surface area contributed by atoms with Gasteiger partial charge in [-0.15, -0.1) is 4.91 Å². The molecule has 0 unspecified atom stereocenters. The van der Waals surface area contributed by atoms with Crippen molar-refractivity contribution in [3.8, 4) is 5.75 Å². The van der Waals surface area contributed by atoms with Crippen molar-refractivity contribution in [3.63, 3.8) is 0 Å². The Kier molecular flexibility index (Phi) is 4.75. The first kappa shape index (κ1) is 13.3. The maximum atomic E-state index is 13.5. The topological polar surface area (TPSA) is 55.7 Å². The standard InChI is InChI=1S/C12H14FNO3/c1-8-5-6-10(9(2)12(8)13)17-7-3-4-11(15)14-16/h5-6H,3-4,7H2,1-2H3. The van der Waals surface area contributed by atoms with Crippen molar-refractivity contribution >= 4 is 5.91 Å². The van der Waals surface area contributed by atoms with Crippen molar-refractivity contribution < 1.29 is 13.9 Å². The molecule has 0 atom stereocenters. The van der Waals surface area contributed by atoms with Gasteiger partial charge < -0.3 is 4.74 Å². The summed E-state index contributed by atoms with van der Waals surface area (Å²) < 4.78 is 18.8. The van der Waals surface area contributed by atoms with Crippen molar-refractivity contribution in [2.24, 2.45) is 5.18 Å². The number of aryl methyl sites for hydroxylation is 1. The third kappa shape index (κ3) is 3.62. The molecule has 5 heteroatoms. The predicted octanol–water partition coefficient (Wildman–Crippen LogP) is 2.89. The molecule has 4 nitrogen and oxygen atoms in total. The van der Waals surface area contributed by atoms with Gasteiger partial charge in [0, 0.05) is 17.2 Å². The molecule has 0 bridgehead atoms. The van der Waals surface area contributed by atoms with Crippen LogP contribution in [0.25, 0.3) is 0 Å². The predicted molar refractivity (Wildman–Crippen MR) is 61.4 cm³/mol. The lowest BCUT2D eigenvalue weighted by atomic mass is 10.1. The summed E-state index contributed by atoms with van der Waals surface area (Å²) in [6, 6.07) is 3.32. The number of carbonyl (C=O) groups is 1. The van der Waals surface area contributed by atoms with Crippen LogP contribution < -0.4 is 4.74 Å². The molecule has 0 aromatic heterocycles. The molecule has 0 aliphatic rings. The Bertz CT molecular complexity index is 432. The molecule has 0 N–H and O–H groups in total. The summed E-state index contributed by atoms with van der Waals surface area (Å²) >= 11 is 0. The van der Waals surface area contributed by atoms with E-state index < -0.39 is 5.91 Å². The van der Waals surface area contributed by atoms with Crippen molar-refractivity contribution in [2.75, 3.05) is 6.61 Å². The summed E-state index contributed by atoms with van der Waals surface area (Å²) in [7, 11) is 0. The van der Waals surface area contributed by atoms with E-state index in [2.05, 4.69) is 5.18 Å². The summed E-state index contributed by atoms with van der Waals surface area (Å²) in [6.45, 7) is 3.57. The molecule has 1 aromatic carbocycles. The normalized spacial score (nSPS) is 10.1. The Labute approximate surface area is 98.8 Å². The van der Waals surface area contributed by atoms with Gasteiger partial charge in [0.2, 0.25) is 0 Å². The van der Waals surface area contributed by atoms with E-state index in [0.29, 0.717) is 23.3 Å². The number of hydrogen-bond acceptors (Lipinski definition) is 3. The minimum absolute atomic E-state index is 0.0525. The highest BCUT2D eigenvalue weighted by Crippen LogP contribution is 2.23. The smallest absolute Gasteiger partial charge is 0.286 e. The zero-order valence-electron chi connectivity index (χ0n) is 9.83. The van der Waals surface area contributed by atoms with Gasteiger partial charge in [-0.3, -0.25) is 4.79 Å². The molecule has 1 aromatic rings. The molecule has 0 radical (unpaired) electrons. The summed E-state index contributed by atoms with van der Waals surface area (Å²) in [5, 5.41) is 2.27. The van der Waals surface area contributed by atoms with Crippen LogP contribution in [0.1, 0.15) is 24.0 Å². The van der Waals surface area contributed by atoms with Crippen LogP contribution in [0.3, 0.4) is 0 Å². The van der Waals surface area contributed by atoms with Gasteiger partial charge in [-0.05, 0) is 31.9 Å². The average molecular weight is 239 g/mol. The Morgan fingerprint density at radius 2 is 2.12 bits per heavy atom. The molecule has 92 valence electrons. The van der Waals surface area contributed by atoms with Crippen LogP contribution in [-0.4, -0.2) is 12.5 Å². The van der Waals surface area contributed by atoms with Crippen LogP contribution in [0.5, 0.6) is 5.75 Å². The molecule has 0 fully saturated rings. The van der Waals surface area contributed by atoms with Gasteiger partial charge in [0.1, 0.15) is 11.6 Å². The molecule has 17 heavy (non-hydrogen) atoms. The zero-order chi connectivity index (χ0) is 12.8. The number of hydrogen-bond donors (Lipinski definition) is 0. The van der Waals surface area contributed by atoms with E-state index in [1.54, 1.807) is 26.0 Å². The fourth-order valence-electron chi connectivity index (χ4n) is 1.41. The second-order valence-electron chi connectivity index (χ2n) is 3.76. The van der Waals surface area contributed by atoms with Gasteiger partial charge in [0.05, 0.1) is 6.61 Å². The monoisotopic (exact) mass is 239 g/mol. The molecule has 0 aliphatic carbocycles. The van der Waals surface area contributed by atoms with E-state index in [4.69, 9.17) is 4.74 Å². The van der Waals surface area contributed by atoms with Crippen LogP contribution in [0.2, 0.25) is 0 Å². The van der Waals surface area contributed by atoms with E-state index in [-0.39, 0.29) is 18.8 Å². The van der Waals surface area contributed by atoms with E-state index in [0.717, 1.165) is 0 Å². The number of carbonyl (C=O) groups excluding carboxylic acids is 1. The van der Waals surface area contributed by atoms with Crippen LogP contribution >= 0.6 is 0 Å². The lowest BCUT2D eigenvalue weighted by Gasteiger charge is -2.10. The first-order chi connectivity index (χ1) is 8.06. The molecule has 1 rings (SSSR count). The molecule has 0 aliphatic heterocycles. The van der Waals surface area contributed by atoms with Crippen molar-refractivity contribution in [3.05, 3.63) is 34.0 Å². The fraction of sp³-hybridized carbons (Fsp3) is 0.417. The molecule has 0 saturated carbocycles. The number of amides is 1. The fourth-order valence-corrected chi connectivity index (χ4v) is 1.41. The highest BCUT2D eigenvalue weighted by atomic mass is 19.1. The van der Waals surface area contributed by atoms with E-state index in [9.17, 15) is 14.1 Å². The van der Waals surface area contributed by atoms with Gasteiger partial charge >= 0.3 is 0 Å². The molecule has 1 amide bonds. The van der Waals surface area contributed by atoms with Crippen molar-refractivity contribution in [2.45, 2.75) is 26.7 Å². The first-order valence-corrected chi connectivity index (χ1v) is 5.31. The third-order valence-corrected chi connectivity index (χ3v) is 2.42. The molecular weight excluding hydrogens is 225 g/mol. The lowest BCUT2D eigenvalue weighted by molar-refractivity contribution is -0.118. The highest BCUT2D eigenvalue weighted by molar-refractivity contribution is 5.76. The zero-order valence-corrected chi connectivity index (χ0v) is 9.83. The lowest BCUT2D eigenvalue weighted by Crippen LogP contribution is -2.03. The molecule has 0 spiro atoms. The summed E-state index contributed by atoms with van der Waals surface area (Å²) in [5.41, 5.74) is 1.01. The van der Waals surface area contributed by atoms with Gasteiger partial charge in [-0.25, -0.2) is 4.39 Å². The molecule has 0 heterocycles. The highest BCUT2D eigenvalue weighted by Gasteiger charge is 2.08. The van der Waals surface area contributed by atoms with Gasteiger partial charge in [0.15, 0.2) is 0 Å². The number of benzene rings is 1. The molecule has 0 saturated heterocycles. The Balaban J connectivity index is 2.50. The number of rotatable bonds is 5. The quantitative estimate of drug-likeness (QED) is 0.586. The van der Waals surface area contributed by atoms with E-state index in [1.165, 1.54) is 0 Å². The van der Waals surface area contributed by atoms with Crippen LogP contribution in [0.15, 0.2) is 17.3 Å². The minimum Gasteiger partial charge on any atom is -0.493 e. The van der Waals surface area contributed by atoms with Crippen LogP contribution in [0, 0.1) is 24.6 Å². The average Bonchev–Trinajstić information content (AvgIpc) is 2.33. The van der Waals surface area contributed by atoms with E-state index >= 15 is 0 Å². The summed E-state index contributed by atoms with van der Waals surface area (Å²) in [6.07, 6.45) is 0.441. The summed E-state index contributed by atoms with van der Waals surface area (Å²) in [5.74, 6) is -0.520. The van der Waals surface area contributed by atoms with Gasteiger partial charge in [-0.1, -0.05) is 6.07 Å². The molecular formula is C12H14FNO3. The maximum absolute atomic E-state index is 13.5. The summed E-state index contributed by atoms with van der Waals surface area (Å²) in [4.78, 5) is 20.4. The van der Waals surface area contributed by atoms with E-state index in [1.807, 2.05) is 0 Å². The van der Waals surface area contributed by atoms with Gasteiger partial charge in [-0.2, -0.15) is 0 Å². The number of ether oxygens (including phenoxy) is 1. The first-order valence-electron chi connectivity index (χ1n) is 5.31. The second-order valence-corrected chi connectivity index (χ2v) is 3.76. The number of nitrogens with zero attached hydrogens (tertiary/aromatic N) is 1. The van der Waals surface area contributed by atoms with Gasteiger partial charge in [0.25, 0.3) is 5.91 Å². The number of nitroso groups, excluding NO2 is 1. The number of halogens is 1. The Hall–Kier alpha value is -1.78. The van der Waals surface area contributed by atoms with Crippen molar-refractivity contribution in [1.29, 1.82) is 0 Å². The van der Waals surface area contributed by atoms with Crippen LogP contribution in [0.4, 0.5) is 4.39 Å². The maximum Gasteiger partial charge on any atom is 0.286 e. The van der Waals surface area contributed by atoms with Crippen molar-refractivity contribution in [1.82, 2.24) is 0 Å². The Morgan fingerprint density at radius 1 is 1.41 bits per heavy atom. The minimum atomic E-state index is -0.694. The SMILES string of the molecule is Cc1ccc(OCCCC(=O)N=O)c(C)c1F. The Morgan fingerprint density at radius 3 is 2.76 bits per heavy atom. The third-order valence-electron chi connectivity index (χ3n) is 2.42. The largest absolute Gasteiger partial charge is 0.493 e. The van der Waals surface area contributed by atoms with Crippen LogP contribution in [-0.2, 0) is 4.79 Å².